The summed E-state index contributed by atoms with van der Waals surface area (Å²) in [6.45, 7) is -0.00432. The number of para-hydroxylation sites is 1. The molecule has 0 atom stereocenters. The Morgan fingerprint density at radius 3 is 1.96 bits per heavy atom. The summed E-state index contributed by atoms with van der Waals surface area (Å²) in [5, 5.41) is 2.72. The number of hydrogen-bond donors (Lipinski definition) is 1. The average Bonchev–Trinajstić information content (AvgIpc) is 2.91. The molecule has 3 rings (SSSR count). The molecule has 26 heavy (non-hydrogen) atoms. The van der Waals surface area contributed by atoms with Gasteiger partial charge in [0.2, 0.25) is 5.91 Å². The zero-order valence-electron chi connectivity index (χ0n) is 14.4. The first-order valence-electron chi connectivity index (χ1n) is 8.03. The second kappa shape index (κ2) is 7.26. The lowest BCUT2D eigenvalue weighted by Gasteiger charge is -2.16. The molecule has 0 spiro atoms. The van der Waals surface area contributed by atoms with Crippen molar-refractivity contribution in [2.24, 2.45) is 0 Å². The molecule has 1 N–H and O–H groups in total. The highest BCUT2D eigenvalue weighted by molar-refractivity contribution is 6.21. The molecule has 7 heteroatoms. The summed E-state index contributed by atoms with van der Waals surface area (Å²) in [4.78, 5) is 38.0. The van der Waals surface area contributed by atoms with Crippen molar-refractivity contribution in [3.8, 4) is 11.5 Å². The molecule has 1 aliphatic rings. The number of nitrogens with zero attached hydrogens (tertiary/aromatic N) is 1. The number of anilines is 1. The van der Waals surface area contributed by atoms with Gasteiger partial charge >= 0.3 is 0 Å². The van der Waals surface area contributed by atoms with Gasteiger partial charge in [-0.2, -0.15) is 0 Å². The van der Waals surface area contributed by atoms with Crippen LogP contribution in [0.15, 0.2) is 42.5 Å². The van der Waals surface area contributed by atoms with E-state index in [1.165, 1.54) is 14.2 Å². The van der Waals surface area contributed by atoms with Crippen molar-refractivity contribution in [3.63, 3.8) is 0 Å². The molecule has 0 bridgehead atoms. The van der Waals surface area contributed by atoms with Gasteiger partial charge in [-0.25, -0.2) is 0 Å². The third kappa shape index (κ3) is 3.11. The van der Waals surface area contributed by atoms with Gasteiger partial charge in [0.1, 0.15) is 17.2 Å². The normalized spacial score (nSPS) is 12.8. The largest absolute Gasteiger partial charge is 0.494 e. The molecule has 0 unspecified atom stereocenters. The average molecular weight is 354 g/mol. The first-order chi connectivity index (χ1) is 12.6. The van der Waals surface area contributed by atoms with Crippen LogP contribution >= 0.6 is 0 Å². The van der Waals surface area contributed by atoms with Gasteiger partial charge in [-0.15, -0.1) is 0 Å². The molecule has 2 aromatic rings. The lowest BCUT2D eigenvalue weighted by Crippen LogP contribution is -2.32. The number of carbonyl (C=O) groups is 3. The van der Waals surface area contributed by atoms with E-state index in [4.69, 9.17) is 9.47 Å². The molecular formula is C19H18N2O5. The van der Waals surface area contributed by atoms with Crippen molar-refractivity contribution in [1.29, 1.82) is 0 Å². The van der Waals surface area contributed by atoms with Crippen LogP contribution in [0.2, 0.25) is 0 Å². The maximum Gasteiger partial charge on any atom is 0.261 e. The van der Waals surface area contributed by atoms with Crippen molar-refractivity contribution in [1.82, 2.24) is 4.90 Å². The lowest BCUT2D eigenvalue weighted by molar-refractivity contribution is -0.116. The molecule has 0 saturated heterocycles. The van der Waals surface area contributed by atoms with Gasteiger partial charge in [0.15, 0.2) is 0 Å². The number of hydrogen-bond acceptors (Lipinski definition) is 5. The van der Waals surface area contributed by atoms with Crippen LogP contribution in [0.5, 0.6) is 11.5 Å². The van der Waals surface area contributed by atoms with E-state index in [9.17, 15) is 14.4 Å². The summed E-state index contributed by atoms with van der Waals surface area (Å²) in [7, 11) is 2.98. The van der Waals surface area contributed by atoms with E-state index in [0.717, 1.165) is 4.90 Å². The molecule has 1 aliphatic heterocycles. The van der Waals surface area contributed by atoms with Gasteiger partial charge in [0.25, 0.3) is 11.8 Å². The predicted molar refractivity (Wildman–Crippen MR) is 94.6 cm³/mol. The summed E-state index contributed by atoms with van der Waals surface area (Å²) in [6, 6.07) is 11.8. The number of ether oxygens (including phenoxy) is 2. The number of imide groups is 1. The first kappa shape index (κ1) is 17.5. The lowest BCUT2D eigenvalue weighted by atomic mass is 10.1. The Morgan fingerprint density at radius 2 is 1.46 bits per heavy atom. The summed E-state index contributed by atoms with van der Waals surface area (Å²) >= 11 is 0. The van der Waals surface area contributed by atoms with Gasteiger partial charge in [0.05, 0.1) is 25.3 Å². The van der Waals surface area contributed by atoms with E-state index in [1.54, 1.807) is 42.5 Å². The van der Waals surface area contributed by atoms with E-state index in [0.29, 0.717) is 28.3 Å². The molecule has 0 saturated carbocycles. The quantitative estimate of drug-likeness (QED) is 0.805. The molecule has 0 radical (unpaired) electrons. The summed E-state index contributed by atoms with van der Waals surface area (Å²) in [5.74, 6) is -0.206. The van der Waals surface area contributed by atoms with Crippen molar-refractivity contribution in [2.75, 3.05) is 26.1 Å². The summed E-state index contributed by atoms with van der Waals surface area (Å²) < 4.78 is 10.5. The molecule has 0 fully saturated rings. The number of rotatable bonds is 6. The van der Waals surface area contributed by atoms with Crippen LogP contribution in [-0.4, -0.2) is 43.4 Å². The fraction of sp³-hybridized carbons (Fsp3) is 0.211. The zero-order valence-corrected chi connectivity index (χ0v) is 14.4. The SMILES string of the molecule is COc1cccc(OC)c1NC(=O)CCN1C(=O)c2ccccc2C1=O. The third-order valence-corrected chi connectivity index (χ3v) is 4.13. The predicted octanol–water partition coefficient (Wildman–Crippen LogP) is 2.33. The van der Waals surface area contributed by atoms with Crippen LogP contribution in [0.25, 0.3) is 0 Å². The van der Waals surface area contributed by atoms with Crippen molar-refractivity contribution < 1.29 is 23.9 Å². The Bertz CT molecular complexity index is 821. The van der Waals surface area contributed by atoms with E-state index in [-0.39, 0.29) is 30.7 Å². The van der Waals surface area contributed by atoms with Gasteiger partial charge in [-0.05, 0) is 24.3 Å². The molecule has 2 aromatic carbocycles. The molecule has 134 valence electrons. The maximum atomic E-state index is 12.3. The number of methoxy groups -OCH3 is 2. The standard InChI is InChI=1S/C19H18N2O5/c1-25-14-8-5-9-15(26-2)17(14)20-16(22)10-11-21-18(23)12-6-3-4-7-13(12)19(21)24/h3-9H,10-11H2,1-2H3,(H,20,22). The molecule has 1 heterocycles. The van der Waals surface area contributed by atoms with Crippen LogP contribution < -0.4 is 14.8 Å². The number of benzene rings is 2. The van der Waals surface area contributed by atoms with E-state index in [2.05, 4.69) is 5.32 Å². The van der Waals surface area contributed by atoms with Crippen molar-refractivity contribution in [2.45, 2.75) is 6.42 Å². The number of amides is 3. The molecular weight excluding hydrogens is 336 g/mol. The van der Waals surface area contributed by atoms with Crippen LogP contribution in [0.3, 0.4) is 0 Å². The Labute approximate surface area is 150 Å². The third-order valence-electron chi connectivity index (χ3n) is 4.13. The Balaban J connectivity index is 1.68. The highest BCUT2D eigenvalue weighted by Gasteiger charge is 2.35. The van der Waals surface area contributed by atoms with E-state index >= 15 is 0 Å². The second-order valence-corrected chi connectivity index (χ2v) is 5.64. The minimum atomic E-state index is -0.381. The van der Waals surface area contributed by atoms with Crippen LogP contribution in [0.4, 0.5) is 5.69 Å². The minimum Gasteiger partial charge on any atom is -0.494 e. The molecule has 3 amide bonds. The van der Waals surface area contributed by atoms with Gasteiger partial charge in [-0.3, -0.25) is 19.3 Å². The van der Waals surface area contributed by atoms with Gasteiger partial charge < -0.3 is 14.8 Å². The topological polar surface area (TPSA) is 84.9 Å². The van der Waals surface area contributed by atoms with Crippen LogP contribution in [-0.2, 0) is 4.79 Å². The van der Waals surface area contributed by atoms with Gasteiger partial charge in [0, 0.05) is 13.0 Å². The van der Waals surface area contributed by atoms with Crippen LogP contribution in [0, 0.1) is 0 Å². The van der Waals surface area contributed by atoms with E-state index < -0.39 is 0 Å². The fourth-order valence-corrected chi connectivity index (χ4v) is 2.83. The first-order valence-corrected chi connectivity index (χ1v) is 8.03. The summed E-state index contributed by atoms with van der Waals surface area (Å²) in [5.41, 5.74) is 1.14. The highest BCUT2D eigenvalue weighted by atomic mass is 16.5. The van der Waals surface area contributed by atoms with Crippen molar-refractivity contribution in [3.05, 3.63) is 53.6 Å². The Morgan fingerprint density at radius 1 is 0.923 bits per heavy atom. The van der Waals surface area contributed by atoms with Gasteiger partial charge in [-0.1, -0.05) is 18.2 Å². The number of fused-ring (bicyclic) bond motifs is 1. The molecule has 0 aliphatic carbocycles. The fourth-order valence-electron chi connectivity index (χ4n) is 2.83. The molecule has 7 nitrogen and oxygen atoms in total. The Hall–Kier alpha value is -3.35. The number of carbonyl (C=O) groups excluding carboxylic acids is 3. The summed E-state index contributed by atoms with van der Waals surface area (Å²) in [6.07, 6.45) is -0.0350. The maximum absolute atomic E-state index is 12.3. The van der Waals surface area contributed by atoms with Crippen molar-refractivity contribution >= 4 is 23.4 Å². The zero-order chi connectivity index (χ0) is 18.7. The highest BCUT2D eigenvalue weighted by Crippen LogP contribution is 2.34. The van der Waals surface area contributed by atoms with Crippen LogP contribution in [0.1, 0.15) is 27.1 Å². The van der Waals surface area contributed by atoms with E-state index in [1.807, 2.05) is 0 Å². The number of nitrogens with one attached hydrogen (secondary N) is 1. The molecule has 0 aromatic heterocycles. The minimum absolute atomic E-state index is 0.00432. The second-order valence-electron chi connectivity index (χ2n) is 5.64. The monoisotopic (exact) mass is 354 g/mol. The Kier molecular flexibility index (Phi) is 4.88. The smallest absolute Gasteiger partial charge is 0.261 e.